The molecule has 0 spiro atoms. The molecule has 4 aromatic rings. The Kier molecular flexibility index (Phi) is 7.64. The number of methoxy groups -OCH3 is 2. The third kappa shape index (κ3) is 5.23. The number of nitrogens with zero attached hydrogens (tertiary/aromatic N) is 4. The molecule has 0 bridgehead atoms. The normalized spacial score (nSPS) is 12.6. The number of amides is 2. The third-order valence-corrected chi connectivity index (χ3v) is 7.13. The zero-order valence-electron chi connectivity index (χ0n) is 21.0. The molecule has 2 aromatic carbocycles. The van der Waals surface area contributed by atoms with E-state index in [4.69, 9.17) is 13.9 Å². The Morgan fingerprint density at radius 2 is 1.92 bits per heavy atom. The van der Waals surface area contributed by atoms with Gasteiger partial charge in [0, 0.05) is 18.3 Å². The monoisotopic (exact) mass is 533 g/mol. The number of benzene rings is 2. The summed E-state index contributed by atoms with van der Waals surface area (Å²) in [5, 5.41) is 12.0. The molecule has 11 heteroatoms. The first kappa shape index (κ1) is 25.4. The van der Waals surface area contributed by atoms with Gasteiger partial charge >= 0.3 is 0 Å². The van der Waals surface area contributed by atoms with E-state index in [2.05, 4.69) is 21.6 Å². The smallest absolute Gasteiger partial charge is 0.287 e. The van der Waals surface area contributed by atoms with Crippen LogP contribution in [-0.4, -0.2) is 53.1 Å². The van der Waals surface area contributed by atoms with Crippen LogP contribution in [0.4, 0.5) is 5.69 Å². The van der Waals surface area contributed by atoms with Gasteiger partial charge in [-0.2, -0.15) is 0 Å². The summed E-state index contributed by atoms with van der Waals surface area (Å²) in [6.07, 6.45) is 3.32. The van der Waals surface area contributed by atoms with E-state index in [0.29, 0.717) is 34.7 Å². The first-order valence-corrected chi connectivity index (χ1v) is 13.1. The van der Waals surface area contributed by atoms with Gasteiger partial charge in [-0.05, 0) is 48.7 Å². The van der Waals surface area contributed by atoms with Crippen LogP contribution in [0.1, 0.15) is 28.4 Å². The van der Waals surface area contributed by atoms with Crippen molar-refractivity contribution >= 4 is 29.3 Å². The van der Waals surface area contributed by atoms with Gasteiger partial charge in [0.15, 0.2) is 16.7 Å². The second-order valence-corrected chi connectivity index (χ2v) is 9.44. The highest BCUT2D eigenvalue weighted by atomic mass is 32.2. The number of para-hydroxylation sites is 1. The molecule has 0 unspecified atom stereocenters. The van der Waals surface area contributed by atoms with Crippen LogP contribution in [0.3, 0.4) is 0 Å². The van der Waals surface area contributed by atoms with Crippen molar-refractivity contribution in [2.24, 2.45) is 0 Å². The maximum Gasteiger partial charge on any atom is 0.287 e. The minimum atomic E-state index is -0.379. The van der Waals surface area contributed by atoms with Crippen molar-refractivity contribution in [1.82, 2.24) is 20.1 Å². The number of rotatable bonds is 9. The molecule has 0 fully saturated rings. The highest BCUT2D eigenvalue weighted by molar-refractivity contribution is 7.99. The SMILES string of the molecule is COc1ccc(OC)c(-n2c(CNC(=O)c3ccco3)nnc2SCC(=O)N2CCCc3ccccc32)c1. The summed E-state index contributed by atoms with van der Waals surface area (Å²) in [4.78, 5) is 27.6. The van der Waals surface area contributed by atoms with E-state index in [0.717, 1.165) is 18.5 Å². The molecule has 5 rings (SSSR count). The highest BCUT2D eigenvalue weighted by Gasteiger charge is 2.25. The molecule has 0 saturated carbocycles. The molecule has 10 nitrogen and oxygen atoms in total. The van der Waals surface area contributed by atoms with Gasteiger partial charge < -0.3 is 24.1 Å². The van der Waals surface area contributed by atoms with Gasteiger partial charge in [0.2, 0.25) is 5.91 Å². The second kappa shape index (κ2) is 11.4. The van der Waals surface area contributed by atoms with Crippen molar-refractivity contribution in [2.75, 3.05) is 31.4 Å². The molecule has 38 heavy (non-hydrogen) atoms. The lowest BCUT2D eigenvalue weighted by molar-refractivity contribution is -0.116. The number of thioether (sulfide) groups is 1. The summed E-state index contributed by atoms with van der Waals surface area (Å²) in [5.41, 5.74) is 2.76. The Hall–Kier alpha value is -4.25. The summed E-state index contributed by atoms with van der Waals surface area (Å²) in [6, 6.07) is 16.6. The number of hydrogen-bond acceptors (Lipinski definition) is 8. The predicted octanol–water partition coefficient (Wildman–Crippen LogP) is 3.88. The Morgan fingerprint density at radius 3 is 2.71 bits per heavy atom. The maximum absolute atomic E-state index is 13.3. The number of ether oxygens (including phenoxy) is 2. The fourth-order valence-corrected chi connectivity index (χ4v) is 5.21. The number of fused-ring (bicyclic) bond motifs is 1. The predicted molar refractivity (Wildman–Crippen MR) is 142 cm³/mol. The van der Waals surface area contributed by atoms with E-state index in [-0.39, 0.29) is 29.9 Å². The zero-order chi connectivity index (χ0) is 26.5. The van der Waals surface area contributed by atoms with E-state index < -0.39 is 0 Å². The molecule has 2 aromatic heterocycles. The minimum absolute atomic E-state index is 0.0121. The first-order chi connectivity index (χ1) is 18.6. The van der Waals surface area contributed by atoms with Crippen molar-refractivity contribution in [3.63, 3.8) is 0 Å². The molecule has 196 valence electrons. The number of nitrogens with one attached hydrogen (secondary N) is 1. The molecular weight excluding hydrogens is 506 g/mol. The van der Waals surface area contributed by atoms with E-state index in [9.17, 15) is 9.59 Å². The van der Waals surface area contributed by atoms with Gasteiger partial charge in [-0.1, -0.05) is 30.0 Å². The van der Waals surface area contributed by atoms with Crippen molar-refractivity contribution in [3.05, 3.63) is 78.0 Å². The van der Waals surface area contributed by atoms with Crippen LogP contribution in [0.2, 0.25) is 0 Å². The van der Waals surface area contributed by atoms with Gasteiger partial charge in [-0.25, -0.2) is 0 Å². The van der Waals surface area contributed by atoms with Crippen LogP contribution in [0.5, 0.6) is 11.5 Å². The lowest BCUT2D eigenvalue weighted by atomic mass is 10.0. The van der Waals surface area contributed by atoms with Crippen molar-refractivity contribution in [2.45, 2.75) is 24.5 Å². The van der Waals surface area contributed by atoms with Crippen LogP contribution in [0.25, 0.3) is 5.69 Å². The highest BCUT2D eigenvalue weighted by Crippen LogP contribution is 2.33. The average molecular weight is 534 g/mol. The maximum atomic E-state index is 13.3. The van der Waals surface area contributed by atoms with Gasteiger partial charge in [0.25, 0.3) is 5.91 Å². The summed E-state index contributed by atoms with van der Waals surface area (Å²) in [5.74, 6) is 1.58. The van der Waals surface area contributed by atoms with Crippen LogP contribution in [-0.2, 0) is 17.8 Å². The Bertz CT molecular complexity index is 1440. The summed E-state index contributed by atoms with van der Waals surface area (Å²) >= 11 is 1.27. The summed E-state index contributed by atoms with van der Waals surface area (Å²) in [7, 11) is 3.14. The molecular formula is C27H27N5O5S. The molecule has 1 aliphatic heterocycles. The fraction of sp³-hybridized carbons (Fsp3) is 0.259. The van der Waals surface area contributed by atoms with Gasteiger partial charge in [-0.15, -0.1) is 10.2 Å². The lowest BCUT2D eigenvalue weighted by Gasteiger charge is -2.29. The van der Waals surface area contributed by atoms with Crippen LogP contribution < -0.4 is 19.7 Å². The van der Waals surface area contributed by atoms with Crippen LogP contribution in [0.15, 0.2) is 70.4 Å². The van der Waals surface area contributed by atoms with Gasteiger partial charge in [0.1, 0.15) is 11.5 Å². The molecule has 0 radical (unpaired) electrons. The number of aryl methyl sites for hydroxylation is 1. The minimum Gasteiger partial charge on any atom is -0.497 e. The largest absolute Gasteiger partial charge is 0.497 e. The number of carbonyl (C=O) groups excluding carboxylic acids is 2. The zero-order valence-corrected chi connectivity index (χ0v) is 21.9. The Morgan fingerprint density at radius 1 is 1.05 bits per heavy atom. The van der Waals surface area contributed by atoms with E-state index >= 15 is 0 Å². The molecule has 0 atom stereocenters. The van der Waals surface area contributed by atoms with Crippen molar-refractivity contribution in [3.8, 4) is 17.2 Å². The average Bonchev–Trinajstić information content (AvgIpc) is 3.64. The van der Waals surface area contributed by atoms with Crippen LogP contribution in [0, 0.1) is 0 Å². The standard InChI is InChI=1S/C27H27N5O5S/c1-35-19-11-12-22(36-2)21(15-19)32-24(16-28-26(34)23-10-6-14-37-23)29-30-27(32)38-17-25(33)31-13-5-8-18-7-3-4-9-20(18)31/h3-4,6-7,9-12,14-15H,5,8,13,16-17H2,1-2H3,(H,28,34). The van der Waals surface area contributed by atoms with Gasteiger partial charge in [-0.3, -0.25) is 14.2 Å². The fourth-order valence-electron chi connectivity index (χ4n) is 4.37. The van der Waals surface area contributed by atoms with E-state index in [1.807, 2.05) is 23.1 Å². The molecule has 1 aliphatic rings. The number of hydrogen-bond donors (Lipinski definition) is 1. The third-order valence-electron chi connectivity index (χ3n) is 6.22. The molecule has 3 heterocycles. The molecule has 0 saturated heterocycles. The number of furan rings is 1. The van der Waals surface area contributed by atoms with Gasteiger partial charge in [0.05, 0.1) is 38.5 Å². The molecule has 2 amide bonds. The number of anilines is 1. The van der Waals surface area contributed by atoms with E-state index in [1.165, 1.54) is 23.6 Å². The molecule has 1 N–H and O–H groups in total. The first-order valence-electron chi connectivity index (χ1n) is 12.1. The lowest BCUT2D eigenvalue weighted by Crippen LogP contribution is -2.36. The Balaban J connectivity index is 1.42. The Labute approximate surface area is 223 Å². The quantitative estimate of drug-likeness (QED) is 0.323. The van der Waals surface area contributed by atoms with E-state index in [1.54, 1.807) is 49.1 Å². The second-order valence-electron chi connectivity index (χ2n) is 8.50. The summed E-state index contributed by atoms with van der Waals surface area (Å²) < 4.78 is 18.0. The number of aromatic nitrogens is 3. The van der Waals surface area contributed by atoms with Crippen molar-refractivity contribution < 1.29 is 23.5 Å². The van der Waals surface area contributed by atoms with Crippen LogP contribution >= 0.6 is 11.8 Å². The summed E-state index contributed by atoms with van der Waals surface area (Å²) in [6.45, 7) is 0.748. The number of carbonyl (C=O) groups is 2. The molecule has 0 aliphatic carbocycles. The topological polar surface area (TPSA) is 112 Å². The van der Waals surface area contributed by atoms with Crippen molar-refractivity contribution in [1.29, 1.82) is 0 Å².